The predicted molar refractivity (Wildman–Crippen MR) is 50.9 cm³/mol. The predicted octanol–water partition coefficient (Wildman–Crippen LogP) is 0.969. The van der Waals surface area contributed by atoms with Crippen molar-refractivity contribution in [2.75, 3.05) is 12.3 Å². The molecule has 0 saturated carbocycles. The van der Waals surface area contributed by atoms with Gasteiger partial charge in [-0.3, -0.25) is 4.79 Å². The molecule has 1 amide bonds. The van der Waals surface area contributed by atoms with Crippen LogP contribution in [0.3, 0.4) is 0 Å². The SMILES string of the molecule is Nc1ccc(C(=O)NCC(F)F)c(O)c1. The molecule has 4 nitrogen and oxygen atoms in total. The number of nitrogen functional groups attached to an aromatic ring is 1. The highest BCUT2D eigenvalue weighted by Crippen LogP contribution is 2.19. The Morgan fingerprint density at radius 2 is 2.20 bits per heavy atom. The third-order valence-electron chi connectivity index (χ3n) is 1.68. The number of benzene rings is 1. The van der Waals surface area contributed by atoms with E-state index in [4.69, 9.17) is 5.73 Å². The molecule has 0 aromatic heterocycles. The number of nitrogens with one attached hydrogen (secondary N) is 1. The number of amides is 1. The van der Waals surface area contributed by atoms with Crippen LogP contribution in [0, 0.1) is 0 Å². The molecule has 0 fully saturated rings. The van der Waals surface area contributed by atoms with Gasteiger partial charge in [-0.15, -0.1) is 0 Å². The van der Waals surface area contributed by atoms with Gasteiger partial charge in [0.25, 0.3) is 12.3 Å². The molecule has 1 rings (SSSR count). The molecule has 0 saturated heterocycles. The van der Waals surface area contributed by atoms with Gasteiger partial charge < -0.3 is 16.2 Å². The van der Waals surface area contributed by atoms with Gasteiger partial charge in [-0.2, -0.15) is 0 Å². The quantitative estimate of drug-likeness (QED) is 0.659. The summed E-state index contributed by atoms with van der Waals surface area (Å²) >= 11 is 0. The molecule has 0 atom stereocenters. The lowest BCUT2D eigenvalue weighted by molar-refractivity contribution is 0.0889. The second kappa shape index (κ2) is 4.59. The van der Waals surface area contributed by atoms with E-state index in [-0.39, 0.29) is 17.0 Å². The molecule has 4 N–H and O–H groups in total. The summed E-state index contributed by atoms with van der Waals surface area (Å²) in [7, 11) is 0. The van der Waals surface area contributed by atoms with Crippen molar-refractivity contribution < 1.29 is 18.7 Å². The van der Waals surface area contributed by atoms with Gasteiger partial charge in [0.05, 0.1) is 12.1 Å². The minimum absolute atomic E-state index is 0.0788. The second-order valence-corrected chi connectivity index (χ2v) is 2.88. The molecule has 0 aliphatic carbocycles. The summed E-state index contributed by atoms with van der Waals surface area (Å²) < 4.78 is 23.6. The first kappa shape index (κ1) is 11.2. The van der Waals surface area contributed by atoms with E-state index in [2.05, 4.69) is 0 Å². The molecule has 0 radical (unpaired) electrons. The summed E-state index contributed by atoms with van der Waals surface area (Å²) in [5.74, 6) is -1.09. The molecule has 0 aliphatic heterocycles. The molecule has 0 aliphatic rings. The van der Waals surface area contributed by atoms with Gasteiger partial charge in [-0.05, 0) is 12.1 Å². The van der Waals surface area contributed by atoms with Gasteiger partial charge in [0, 0.05) is 11.8 Å². The first-order valence-corrected chi connectivity index (χ1v) is 4.15. The lowest BCUT2D eigenvalue weighted by atomic mass is 10.1. The normalized spacial score (nSPS) is 10.3. The van der Waals surface area contributed by atoms with Gasteiger partial charge >= 0.3 is 0 Å². The highest BCUT2D eigenvalue weighted by molar-refractivity contribution is 5.97. The lowest BCUT2D eigenvalue weighted by Gasteiger charge is -2.06. The molecule has 0 bridgehead atoms. The topological polar surface area (TPSA) is 75.4 Å². The Kier molecular flexibility index (Phi) is 3.43. The number of nitrogens with two attached hydrogens (primary N) is 1. The number of carbonyl (C=O) groups is 1. The van der Waals surface area contributed by atoms with E-state index < -0.39 is 18.9 Å². The van der Waals surface area contributed by atoms with Crippen LogP contribution in [-0.4, -0.2) is 24.0 Å². The van der Waals surface area contributed by atoms with Crippen LogP contribution < -0.4 is 11.1 Å². The molecular weight excluding hydrogens is 206 g/mol. The van der Waals surface area contributed by atoms with E-state index in [1.54, 1.807) is 0 Å². The maximum atomic E-state index is 11.8. The van der Waals surface area contributed by atoms with E-state index >= 15 is 0 Å². The zero-order valence-corrected chi connectivity index (χ0v) is 7.71. The molecule has 0 spiro atoms. The Morgan fingerprint density at radius 3 is 2.73 bits per heavy atom. The molecule has 0 heterocycles. The van der Waals surface area contributed by atoms with Gasteiger partial charge in [0.15, 0.2) is 0 Å². The fraction of sp³-hybridized carbons (Fsp3) is 0.222. The van der Waals surface area contributed by atoms with Crippen molar-refractivity contribution in [3.63, 3.8) is 0 Å². The molecule has 1 aromatic rings. The van der Waals surface area contributed by atoms with Crippen LogP contribution in [0.15, 0.2) is 18.2 Å². The summed E-state index contributed by atoms with van der Waals surface area (Å²) in [5.41, 5.74) is 5.55. The van der Waals surface area contributed by atoms with Crippen molar-refractivity contribution in [1.29, 1.82) is 0 Å². The summed E-state index contributed by atoms with van der Waals surface area (Å²) in [5, 5.41) is 11.3. The maximum Gasteiger partial charge on any atom is 0.255 e. The van der Waals surface area contributed by atoms with Crippen LogP contribution in [0.5, 0.6) is 5.75 Å². The minimum atomic E-state index is -2.62. The van der Waals surface area contributed by atoms with Crippen LogP contribution in [0.2, 0.25) is 0 Å². The zero-order valence-electron chi connectivity index (χ0n) is 7.71. The highest BCUT2D eigenvalue weighted by Gasteiger charge is 2.12. The Labute approximate surface area is 84.7 Å². The molecule has 6 heteroatoms. The average molecular weight is 216 g/mol. The van der Waals surface area contributed by atoms with Crippen LogP contribution in [0.1, 0.15) is 10.4 Å². The number of carbonyl (C=O) groups excluding carboxylic acids is 1. The van der Waals surface area contributed by atoms with Crippen LogP contribution >= 0.6 is 0 Å². The van der Waals surface area contributed by atoms with E-state index in [0.29, 0.717) is 0 Å². The summed E-state index contributed by atoms with van der Waals surface area (Å²) in [6.07, 6.45) is -2.62. The van der Waals surface area contributed by atoms with E-state index in [1.165, 1.54) is 18.2 Å². The van der Waals surface area contributed by atoms with Crippen LogP contribution in [-0.2, 0) is 0 Å². The Balaban J connectivity index is 2.74. The fourth-order valence-corrected chi connectivity index (χ4v) is 1.01. The molecule has 15 heavy (non-hydrogen) atoms. The zero-order chi connectivity index (χ0) is 11.4. The van der Waals surface area contributed by atoms with Crippen molar-refractivity contribution in [1.82, 2.24) is 5.32 Å². The third-order valence-corrected chi connectivity index (χ3v) is 1.68. The number of hydrogen-bond acceptors (Lipinski definition) is 3. The standard InChI is InChI=1S/C9H10F2N2O2/c10-8(11)4-13-9(15)6-2-1-5(12)3-7(6)14/h1-3,8,14H,4,12H2,(H,13,15). The number of halogens is 2. The Bertz CT molecular complexity index is 369. The number of aromatic hydroxyl groups is 1. The third kappa shape index (κ3) is 3.08. The molecule has 1 aromatic carbocycles. The van der Waals surface area contributed by atoms with Gasteiger partial charge in [-0.25, -0.2) is 8.78 Å². The number of alkyl halides is 2. The van der Waals surface area contributed by atoms with E-state index in [1.807, 2.05) is 5.32 Å². The fourth-order valence-electron chi connectivity index (χ4n) is 1.01. The smallest absolute Gasteiger partial charge is 0.255 e. The van der Waals surface area contributed by atoms with Gasteiger partial charge in [0.1, 0.15) is 5.75 Å². The number of hydrogen-bond donors (Lipinski definition) is 3. The summed E-state index contributed by atoms with van der Waals surface area (Å²) in [6.45, 7) is -0.747. The maximum absolute atomic E-state index is 11.8. The van der Waals surface area contributed by atoms with Crippen molar-refractivity contribution in [3.8, 4) is 5.75 Å². The van der Waals surface area contributed by atoms with Crippen molar-refractivity contribution in [3.05, 3.63) is 23.8 Å². The van der Waals surface area contributed by atoms with Crippen molar-refractivity contribution in [2.24, 2.45) is 0 Å². The van der Waals surface area contributed by atoms with Crippen molar-refractivity contribution >= 4 is 11.6 Å². The number of rotatable bonds is 3. The summed E-state index contributed by atoms with van der Waals surface area (Å²) in [4.78, 5) is 11.2. The van der Waals surface area contributed by atoms with E-state index in [0.717, 1.165) is 0 Å². The Hall–Kier alpha value is -1.85. The molecule has 82 valence electrons. The van der Waals surface area contributed by atoms with E-state index in [9.17, 15) is 18.7 Å². The average Bonchev–Trinajstić information content (AvgIpc) is 2.14. The molecular formula is C9H10F2N2O2. The largest absolute Gasteiger partial charge is 0.507 e. The van der Waals surface area contributed by atoms with Gasteiger partial charge in [-0.1, -0.05) is 0 Å². The van der Waals surface area contributed by atoms with Crippen LogP contribution in [0.25, 0.3) is 0 Å². The lowest BCUT2D eigenvalue weighted by Crippen LogP contribution is -2.28. The first-order valence-electron chi connectivity index (χ1n) is 4.15. The number of anilines is 1. The van der Waals surface area contributed by atoms with Crippen LogP contribution in [0.4, 0.5) is 14.5 Å². The molecule has 0 unspecified atom stereocenters. The first-order chi connectivity index (χ1) is 7.00. The minimum Gasteiger partial charge on any atom is -0.507 e. The van der Waals surface area contributed by atoms with Crippen molar-refractivity contribution in [2.45, 2.75) is 6.43 Å². The second-order valence-electron chi connectivity index (χ2n) is 2.88. The highest BCUT2D eigenvalue weighted by atomic mass is 19.3. The van der Waals surface area contributed by atoms with Gasteiger partial charge in [0.2, 0.25) is 0 Å². The summed E-state index contributed by atoms with van der Waals surface area (Å²) in [6, 6.07) is 3.85. The Morgan fingerprint density at radius 1 is 1.53 bits per heavy atom. The number of phenols is 1. The number of phenolic OH excluding ortho intramolecular Hbond substituents is 1. The monoisotopic (exact) mass is 216 g/mol.